The number of hydrogen-bond donors (Lipinski definition) is 0. The Balaban J connectivity index is 2.24. The van der Waals surface area contributed by atoms with Gasteiger partial charge in [-0.25, -0.2) is 4.98 Å². The van der Waals surface area contributed by atoms with Crippen LogP contribution in [0.4, 0.5) is 0 Å². The third-order valence-corrected chi connectivity index (χ3v) is 2.93. The first kappa shape index (κ1) is 12.1. The van der Waals surface area contributed by atoms with Crippen LogP contribution in [0.3, 0.4) is 0 Å². The molecule has 1 aliphatic heterocycles. The van der Waals surface area contributed by atoms with Crippen molar-refractivity contribution in [2.24, 2.45) is 0 Å². The number of ether oxygens (including phenoxy) is 2. The molecule has 5 heteroatoms. The molecule has 0 unspecified atom stereocenters. The molecule has 1 aromatic heterocycles. The Kier molecular flexibility index (Phi) is 3.81. The molecule has 2 heterocycles. The molecule has 0 aliphatic carbocycles. The number of nitrogens with zero attached hydrogens (tertiary/aromatic N) is 2. The van der Waals surface area contributed by atoms with Crippen LogP contribution in [-0.2, 0) is 9.47 Å². The predicted molar refractivity (Wildman–Crippen MR) is 60.8 cm³/mol. The zero-order valence-electron chi connectivity index (χ0n) is 9.89. The number of hydrogen-bond acceptors (Lipinski definition) is 5. The van der Waals surface area contributed by atoms with E-state index in [2.05, 4.69) is 9.97 Å². The number of carbonyl (C=O) groups excluding carboxylic acids is 1. The minimum Gasteiger partial charge on any atom is -0.381 e. The third kappa shape index (κ3) is 2.50. The van der Waals surface area contributed by atoms with Gasteiger partial charge in [-0.2, -0.15) is 0 Å². The van der Waals surface area contributed by atoms with Gasteiger partial charge >= 0.3 is 0 Å². The molecule has 2 rings (SSSR count). The number of carbonyl (C=O) groups is 1. The fourth-order valence-electron chi connectivity index (χ4n) is 2.06. The maximum absolute atomic E-state index is 12.4. The van der Waals surface area contributed by atoms with Gasteiger partial charge in [-0.15, -0.1) is 0 Å². The summed E-state index contributed by atoms with van der Waals surface area (Å²) in [6.07, 6.45) is 5.71. The number of ketones is 1. The highest BCUT2D eigenvalue weighted by molar-refractivity contribution is 6.00. The Morgan fingerprint density at radius 2 is 2.24 bits per heavy atom. The average molecular weight is 236 g/mol. The summed E-state index contributed by atoms with van der Waals surface area (Å²) in [6.45, 7) is 3.49. The molecule has 17 heavy (non-hydrogen) atoms. The predicted octanol–water partition coefficient (Wildman–Crippen LogP) is 1.24. The average Bonchev–Trinajstić information content (AvgIpc) is 2.40. The van der Waals surface area contributed by atoms with E-state index in [1.54, 1.807) is 6.20 Å². The Morgan fingerprint density at radius 3 is 2.82 bits per heavy atom. The van der Waals surface area contributed by atoms with Gasteiger partial charge in [-0.05, 0) is 6.92 Å². The first-order chi connectivity index (χ1) is 8.28. The van der Waals surface area contributed by atoms with Crippen molar-refractivity contribution < 1.29 is 14.3 Å². The summed E-state index contributed by atoms with van der Waals surface area (Å²) in [5, 5.41) is 0. The molecule has 1 saturated heterocycles. The second-order valence-corrected chi connectivity index (χ2v) is 3.96. The second kappa shape index (κ2) is 5.33. The molecule has 0 atom stereocenters. The molecule has 92 valence electrons. The molecule has 0 aromatic carbocycles. The lowest BCUT2D eigenvalue weighted by atomic mass is 9.87. The van der Waals surface area contributed by atoms with Crippen molar-refractivity contribution in [2.45, 2.75) is 25.4 Å². The zero-order valence-corrected chi connectivity index (χ0v) is 9.89. The third-order valence-electron chi connectivity index (χ3n) is 2.93. The fourth-order valence-corrected chi connectivity index (χ4v) is 2.06. The summed E-state index contributed by atoms with van der Waals surface area (Å²) >= 11 is 0. The normalized spacial score (nSPS) is 18.9. The van der Waals surface area contributed by atoms with Crippen molar-refractivity contribution in [2.75, 3.05) is 19.8 Å². The maximum Gasteiger partial charge on any atom is 0.214 e. The molecule has 0 amide bonds. The number of rotatable bonds is 4. The highest BCUT2D eigenvalue weighted by Crippen LogP contribution is 2.28. The highest BCUT2D eigenvalue weighted by Gasteiger charge is 2.41. The van der Waals surface area contributed by atoms with Gasteiger partial charge in [0.05, 0.1) is 6.20 Å². The van der Waals surface area contributed by atoms with Crippen LogP contribution >= 0.6 is 0 Å². The van der Waals surface area contributed by atoms with E-state index in [4.69, 9.17) is 9.47 Å². The summed E-state index contributed by atoms with van der Waals surface area (Å²) < 4.78 is 11.0. The van der Waals surface area contributed by atoms with E-state index >= 15 is 0 Å². The van der Waals surface area contributed by atoms with E-state index in [1.165, 1.54) is 12.4 Å². The highest BCUT2D eigenvalue weighted by atomic mass is 16.5. The lowest BCUT2D eigenvalue weighted by molar-refractivity contribution is -0.0824. The van der Waals surface area contributed by atoms with Crippen LogP contribution in [0.25, 0.3) is 0 Å². The van der Waals surface area contributed by atoms with Crippen LogP contribution in [0.5, 0.6) is 0 Å². The molecule has 1 fully saturated rings. The first-order valence-corrected chi connectivity index (χ1v) is 5.81. The van der Waals surface area contributed by atoms with Crippen LogP contribution in [0.15, 0.2) is 18.6 Å². The molecule has 1 aliphatic rings. The molecule has 5 nitrogen and oxygen atoms in total. The molecule has 1 aromatic rings. The number of Topliss-reactive ketones (excluding diaryl/α,β-unsaturated/α-hetero) is 1. The molecule has 0 spiro atoms. The SMILES string of the molecule is CCOC1(C(=O)c2cnccn2)CCOCC1. The summed E-state index contributed by atoms with van der Waals surface area (Å²) in [7, 11) is 0. The van der Waals surface area contributed by atoms with Crippen LogP contribution in [0, 0.1) is 0 Å². The Bertz CT molecular complexity index is 369. The molecular formula is C12H16N2O3. The van der Waals surface area contributed by atoms with Crippen molar-refractivity contribution in [3.05, 3.63) is 24.3 Å². The van der Waals surface area contributed by atoms with Gasteiger partial charge in [0.1, 0.15) is 11.3 Å². The minimum atomic E-state index is -0.775. The van der Waals surface area contributed by atoms with Gasteiger partial charge in [-0.1, -0.05) is 0 Å². The van der Waals surface area contributed by atoms with E-state index in [1.807, 2.05) is 6.92 Å². The number of aromatic nitrogens is 2. The Hall–Kier alpha value is -1.33. The Labute approximate surface area is 100 Å². The first-order valence-electron chi connectivity index (χ1n) is 5.81. The van der Waals surface area contributed by atoms with Gasteiger partial charge in [0.15, 0.2) is 0 Å². The summed E-state index contributed by atoms with van der Waals surface area (Å²) in [6, 6.07) is 0. The largest absolute Gasteiger partial charge is 0.381 e. The van der Waals surface area contributed by atoms with Crippen molar-refractivity contribution in [1.82, 2.24) is 9.97 Å². The van der Waals surface area contributed by atoms with Gasteiger partial charge in [0.25, 0.3) is 0 Å². The lowest BCUT2D eigenvalue weighted by Crippen LogP contribution is -2.46. The van der Waals surface area contributed by atoms with Crippen molar-refractivity contribution in [1.29, 1.82) is 0 Å². The quantitative estimate of drug-likeness (QED) is 0.736. The van der Waals surface area contributed by atoms with Gasteiger partial charge < -0.3 is 9.47 Å². The van der Waals surface area contributed by atoms with Gasteiger partial charge in [0.2, 0.25) is 5.78 Å². The topological polar surface area (TPSA) is 61.3 Å². The van der Waals surface area contributed by atoms with Crippen molar-refractivity contribution >= 4 is 5.78 Å². The summed E-state index contributed by atoms with van der Waals surface area (Å²) in [4.78, 5) is 20.4. The molecule has 0 saturated carbocycles. The van der Waals surface area contributed by atoms with Crippen LogP contribution in [0.1, 0.15) is 30.3 Å². The second-order valence-electron chi connectivity index (χ2n) is 3.96. The molecule has 0 bridgehead atoms. The van der Waals surface area contributed by atoms with E-state index in [9.17, 15) is 4.79 Å². The maximum atomic E-state index is 12.4. The van der Waals surface area contributed by atoms with E-state index in [-0.39, 0.29) is 5.78 Å². The van der Waals surface area contributed by atoms with Gasteiger partial charge in [0, 0.05) is 45.1 Å². The molecule has 0 radical (unpaired) electrons. The monoisotopic (exact) mass is 236 g/mol. The van der Waals surface area contributed by atoms with E-state index in [0.29, 0.717) is 38.4 Å². The smallest absolute Gasteiger partial charge is 0.214 e. The zero-order chi connectivity index (χ0) is 12.1. The summed E-state index contributed by atoms with van der Waals surface area (Å²) in [5.74, 6) is -0.0873. The van der Waals surface area contributed by atoms with E-state index < -0.39 is 5.60 Å². The van der Waals surface area contributed by atoms with Crippen LogP contribution < -0.4 is 0 Å². The lowest BCUT2D eigenvalue weighted by Gasteiger charge is -2.34. The minimum absolute atomic E-state index is 0.0873. The van der Waals surface area contributed by atoms with Crippen LogP contribution in [0.2, 0.25) is 0 Å². The van der Waals surface area contributed by atoms with Crippen LogP contribution in [-0.4, -0.2) is 41.2 Å². The van der Waals surface area contributed by atoms with Crippen molar-refractivity contribution in [3.8, 4) is 0 Å². The fraction of sp³-hybridized carbons (Fsp3) is 0.583. The Morgan fingerprint density at radius 1 is 1.47 bits per heavy atom. The summed E-state index contributed by atoms with van der Waals surface area (Å²) in [5.41, 5.74) is -0.411. The molecule has 0 N–H and O–H groups in total. The van der Waals surface area contributed by atoms with Gasteiger partial charge in [-0.3, -0.25) is 9.78 Å². The molecular weight excluding hydrogens is 220 g/mol. The van der Waals surface area contributed by atoms with Crippen molar-refractivity contribution in [3.63, 3.8) is 0 Å². The standard InChI is InChI=1S/C12H16N2O3/c1-2-17-12(3-7-16-8-4-12)11(15)10-9-13-5-6-14-10/h5-6,9H,2-4,7-8H2,1H3. The van der Waals surface area contributed by atoms with E-state index in [0.717, 1.165) is 0 Å².